The number of nitrogens with one attached hydrogen (secondary N) is 1. The van der Waals surface area contributed by atoms with Gasteiger partial charge >= 0.3 is 6.09 Å². The number of piperazine rings is 1. The first kappa shape index (κ1) is 27.3. The van der Waals surface area contributed by atoms with Crippen LogP contribution in [-0.2, 0) is 4.79 Å². The number of rotatable bonds is 6. The van der Waals surface area contributed by atoms with Crippen molar-refractivity contribution in [1.82, 2.24) is 24.8 Å². The third kappa shape index (κ3) is 5.29. The average Bonchev–Trinajstić information content (AvgIpc) is 3.52. The summed E-state index contributed by atoms with van der Waals surface area (Å²) in [6.07, 6.45) is 3.18. The van der Waals surface area contributed by atoms with E-state index < -0.39 is 11.9 Å². The first-order chi connectivity index (χ1) is 19.5. The number of carbonyl (C=O) groups excluding carboxylic acids is 1. The number of halogens is 1. The quantitative estimate of drug-likeness (QED) is 0.447. The van der Waals surface area contributed by atoms with Crippen LogP contribution in [0.1, 0.15) is 53.0 Å². The van der Waals surface area contributed by atoms with Gasteiger partial charge in [0.15, 0.2) is 0 Å². The minimum atomic E-state index is -0.950. The van der Waals surface area contributed by atoms with Gasteiger partial charge in [0, 0.05) is 50.1 Å². The molecule has 11 heteroatoms. The average molecular weight is 565 g/mol. The Balaban J connectivity index is 1.31. The highest BCUT2D eigenvalue weighted by Crippen LogP contribution is 2.41. The number of aromatic nitrogens is 3. The van der Waals surface area contributed by atoms with Crippen molar-refractivity contribution in [3.63, 3.8) is 0 Å². The molecule has 2 saturated heterocycles. The van der Waals surface area contributed by atoms with E-state index in [9.17, 15) is 14.7 Å². The fraction of sp³-hybridized carbons (Fsp3) is 0.533. The van der Waals surface area contributed by atoms with Crippen LogP contribution in [0.25, 0.3) is 22.3 Å². The van der Waals surface area contributed by atoms with Crippen molar-refractivity contribution in [2.75, 3.05) is 31.1 Å². The van der Waals surface area contributed by atoms with Crippen LogP contribution in [0.2, 0.25) is 0 Å². The summed E-state index contributed by atoms with van der Waals surface area (Å²) in [5.41, 5.74) is 2.84. The Hall–Kier alpha value is -3.89. The smallest absolute Gasteiger partial charge is 0.407 e. The van der Waals surface area contributed by atoms with Crippen molar-refractivity contribution >= 4 is 28.7 Å². The van der Waals surface area contributed by atoms with Gasteiger partial charge in [0.25, 0.3) is 0 Å². The van der Waals surface area contributed by atoms with Gasteiger partial charge in [0.2, 0.25) is 11.8 Å². The number of carboxylic acid groups (broad SMARTS) is 1. The van der Waals surface area contributed by atoms with Crippen LogP contribution in [0.4, 0.5) is 14.9 Å². The molecule has 10 nitrogen and oxygen atoms in total. The third-order valence-electron chi connectivity index (χ3n) is 8.64. The number of hydrogen-bond donors (Lipinski definition) is 2. The maximum Gasteiger partial charge on any atom is 0.407 e. The first-order valence-electron chi connectivity index (χ1n) is 14.3. The van der Waals surface area contributed by atoms with Crippen LogP contribution in [0.3, 0.4) is 0 Å². The number of imidazole rings is 1. The lowest BCUT2D eigenvalue weighted by Gasteiger charge is -2.46. The van der Waals surface area contributed by atoms with E-state index in [-0.39, 0.29) is 29.4 Å². The molecule has 3 atom stereocenters. The highest BCUT2D eigenvalue weighted by Gasteiger charge is 2.38. The number of pyridine rings is 1. The van der Waals surface area contributed by atoms with E-state index in [0.29, 0.717) is 61.5 Å². The van der Waals surface area contributed by atoms with E-state index in [4.69, 9.17) is 9.72 Å². The molecular weight excluding hydrogens is 527 g/mol. The lowest BCUT2D eigenvalue weighted by Crippen LogP contribution is -2.59. The minimum absolute atomic E-state index is 0.0223. The van der Waals surface area contributed by atoms with Crippen molar-refractivity contribution in [2.45, 2.75) is 65.1 Å². The Morgan fingerprint density at radius 2 is 2.00 bits per heavy atom. The maximum atomic E-state index is 15.7. The van der Waals surface area contributed by atoms with Crippen molar-refractivity contribution in [3.05, 3.63) is 36.4 Å². The molecule has 2 unspecified atom stereocenters. The molecule has 2 N–H and O–H groups in total. The molecule has 0 spiro atoms. The molecule has 1 aliphatic carbocycles. The van der Waals surface area contributed by atoms with E-state index in [1.54, 1.807) is 6.07 Å². The van der Waals surface area contributed by atoms with Crippen LogP contribution in [0, 0.1) is 17.2 Å². The van der Waals surface area contributed by atoms with Crippen molar-refractivity contribution in [3.8, 4) is 17.1 Å². The predicted molar refractivity (Wildman–Crippen MR) is 153 cm³/mol. The van der Waals surface area contributed by atoms with Crippen LogP contribution in [0.5, 0.6) is 5.88 Å². The number of fused-ring (bicyclic) bond motifs is 1. The fourth-order valence-corrected chi connectivity index (χ4v) is 6.01. The molecule has 3 fully saturated rings. The zero-order valence-corrected chi connectivity index (χ0v) is 23.9. The van der Waals surface area contributed by atoms with Crippen molar-refractivity contribution in [2.24, 2.45) is 11.3 Å². The molecule has 1 saturated carbocycles. The highest BCUT2D eigenvalue weighted by molar-refractivity contribution is 5.85. The SMILES string of the molecule is C[C@@H](Oc1nc(-c2ccc(N3CCN(C(=O)O)C(C(C)(C)C)C3)c(F)c2)cc2ncn(C3CC3)c12)C1CNC(=O)C1. The molecule has 1 aromatic carbocycles. The summed E-state index contributed by atoms with van der Waals surface area (Å²) in [6.45, 7) is 9.65. The summed E-state index contributed by atoms with van der Waals surface area (Å²) in [5, 5.41) is 12.6. The molecule has 2 aliphatic heterocycles. The van der Waals surface area contributed by atoms with Crippen molar-refractivity contribution < 1.29 is 23.8 Å². The zero-order valence-electron chi connectivity index (χ0n) is 23.9. The number of hydrogen-bond acceptors (Lipinski definition) is 6. The summed E-state index contributed by atoms with van der Waals surface area (Å²) < 4.78 is 24.2. The zero-order chi connectivity index (χ0) is 29.1. The summed E-state index contributed by atoms with van der Waals surface area (Å²) >= 11 is 0. The minimum Gasteiger partial charge on any atom is -0.473 e. The number of carbonyl (C=O) groups is 2. The van der Waals surface area contributed by atoms with E-state index in [1.165, 1.54) is 11.0 Å². The standard InChI is InChI=1S/C30H37FN6O4/c1-17(19-12-26(38)32-14-19)41-28-27-23(33-16-37(27)20-6-7-20)13-22(34-28)18-5-8-24(21(31)11-18)35-9-10-36(29(39)40)25(15-35)30(2,3)4/h5,8,11,13,16-17,19-20,25H,6-7,9-10,12,14-15H2,1-4H3,(H,32,38)(H,39,40)/t17-,19?,25?/m1/s1. The van der Waals surface area contributed by atoms with Crippen LogP contribution >= 0.6 is 0 Å². The molecule has 0 radical (unpaired) electrons. The lowest BCUT2D eigenvalue weighted by atomic mass is 9.84. The molecule has 3 aliphatic rings. The molecule has 4 heterocycles. The lowest BCUT2D eigenvalue weighted by molar-refractivity contribution is -0.119. The Labute approximate surface area is 238 Å². The highest BCUT2D eigenvalue weighted by atomic mass is 19.1. The van der Waals surface area contributed by atoms with E-state index >= 15 is 4.39 Å². The monoisotopic (exact) mass is 564 g/mol. The van der Waals surface area contributed by atoms with E-state index in [0.717, 1.165) is 23.9 Å². The number of benzene rings is 1. The number of ether oxygens (including phenoxy) is 1. The fourth-order valence-electron chi connectivity index (χ4n) is 6.01. The Kier molecular flexibility index (Phi) is 6.78. The van der Waals surface area contributed by atoms with Gasteiger partial charge in [-0.05, 0) is 43.4 Å². The first-order valence-corrected chi connectivity index (χ1v) is 14.3. The van der Waals surface area contributed by atoms with Crippen LogP contribution < -0.4 is 15.0 Å². The molecule has 2 amide bonds. The molecule has 3 aromatic rings. The van der Waals surface area contributed by atoms with Gasteiger partial charge in [0.1, 0.15) is 17.4 Å². The Bertz CT molecular complexity index is 1500. The number of anilines is 1. The number of amides is 2. The van der Waals surface area contributed by atoms with Gasteiger partial charge in [-0.1, -0.05) is 26.8 Å². The summed E-state index contributed by atoms with van der Waals surface area (Å²) in [7, 11) is 0. The van der Waals surface area contributed by atoms with Gasteiger partial charge in [-0.3, -0.25) is 4.79 Å². The second-order valence-corrected chi connectivity index (χ2v) is 12.6. The predicted octanol–water partition coefficient (Wildman–Crippen LogP) is 4.69. The topological polar surface area (TPSA) is 113 Å². The third-order valence-corrected chi connectivity index (χ3v) is 8.64. The largest absolute Gasteiger partial charge is 0.473 e. The normalized spacial score (nSPS) is 22.2. The molecule has 2 aromatic heterocycles. The van der Waals surface area contributed by atoms with Crippen molar-refractivity contribution in [1.29, 1.82) is 0 Å². The second-order valence-electron chi connectivity index (χ2n) is 12.6. The van der Waals surface area contributed by atoms with Crippen LogP contribution in [0.15, 0.2) is 30.6 Å². The molecule has 0 bridgehead atoms. The van der Waals surface area contributed by atoms with Crippen LogP contribution in [-0.4, -0.2) is 74.9 Å². The molecule has 41 heavy (non-hydrogen) atoms. The van der Waals surface area contributed by atoms with Gasteiger partial charge in [-0.2, -0.15) is 0 Å². The van der Waals surface area contributed by atoms with E-state index in [2.05, 4.69) is 14.9 Å². The van der Waals surface area contributed by atoms with Gasteiger partial charge < -0.3 is 29.5 Å². The van der Waals surface area contributed by atoms with E-state index in [1.807, 2.05) is 51.1 Å². The Morgan fingerprint density at radius 1 is 1.22 bits per heavy atom. The second kappa shape index (κ2) is 10.2. The summed E-state index contributed by atoms with van der Waals surface area (Å²) in [6, 6.07) is 7.02. The number of nitrogens with zero attached hydrogens (tertiary/aromatic N) is 5. The molecular formula is C30H37FN6O4. The summed E-state index contributed by atoms with van der Waals surface area (Å²) in [5.74, 6) is 0.108. The van der Waals surface area contributed by atoms with Gasteiger partial charge in [-0.25, -0.2) is 19.2 Å². The van der Waals surface area contributed by atoms with Gasteiger partial charge in [0.05, 0.1) is 29.3 Å². The summed E-state index contributed by atoms with van der Waals surface area (Å²) in [4.78, 5) is 36.5. The Morgan fingerprint density at radius 3 is 2.63 bits per heavy atom. The molecule has 218 valence electrons. The van der Waals surface area contributed by atoms with Gasteiger partial charge in [-0.15, -0.1) is 0 Å². The maximum absolute atomic E-state index is 15.7. The molecule has 6 rings (SSSR count).